The molecule has 1 rings (SSSR count). The number of hydrogen-bond donors (Lipinski definition) is 0. The number of halogens is 1. The van der Waals surface area contributed by atoms with Gasteiger partial charge in [0.1, 0.15) is 0 Å². The lowest BCUT2D eigenvalue weighted by atomic mass is 10.1. The van der Waals surface area contributed by atoms with E-state index in [9.17, 15) is 0 Å². The van der Waals surface area contributed by atoms with E-state index >= 15 is 0 Å². The zero-order valence-corrected chi connectivity index (χ0v) is 13.8. The molecule has 0 radical (unpaired) electrons. The van der Waals surface area contributed by atoms with Crippen molar-refractivity contribution in [1.82, 2.24) is 0 Å². The summed E-state index contributed by atoms with van der Waals surface area (Å²) < 4.78 is 27.2. The van der Waals surface area contributed by atoms with Crippen molar-refractivity contribution >= 4 is 15.9 Å². The van der Waals surface area contributed by atoms with Crippen LogP contribution in [0.4, 0.5) is 0 Å². The molecular formula is C16H31BrO2. The Morgan fingerprint density at radius 3 is 2.42 bits per heavy atom. The van der Waals surface area contributed by atoms with Crippen LogP contribution in [0.1, 0.15) is 79.7 Å². The van der Waals surface area contributed by atoms with E-state index in [1.54, 1.807) is 0 Å². The minimum atomic E-state index is -1.09. The molecule has 0 aromatic carbocycles. The smallest absolute Gasteiger partial charge is 0.157 e. The molecule has 0 aromatic heterocycles. The Morgan fingerprint density at radius 2 is 1.74 bits per heavy atom. The predicted molar refractivity (Wildman–Crippen MR) is 84.9 cm³/mol. The van der Waals surface area contributed by atoms with Gasteiger partial charge in [-0.3, -0.25) is 0 Å². The van der Waals surface area contributed by atoms with Gasteiger partial charge in [0, 0.05) is 21.3 Å². The second-order valence-corrected chi connectivity index (χ2v) is 6.02. The van der Waals surface area contributed by atoms with Crippen LogP contribution in [-0.2, 0) is 9.47 Å². The van der Waals surface area contributed by atoms with Gasteiger partial charge in [-0.05, 0) is 32.1 Å². The van der Waals surface area contributed by atoms with Gasteiger partial charge in [0.15, 0.2) is 6.29 Å². The van der Waals surface area contributed by atoms with Crippen LogP contribution in [0.3, 0.4) is 0 Å². The molecule has 1 aliphatic heterocycles. The molecule has 0 saturated carbocycles. The summed E-state index contributed by atoms with van der Waals surface area (Å²) >= 11 is 3.44. The van der Waals surface area contributed by atoms with Crippen molar-refractivity contribution in [2.24, 2.45) is 0 Å². The number of unbranched alkanes of at least 4 members (excludes halogenated alkanes) is 5. The van der Waals surface area contributed by atoms with Gasteiger partial charge in [0.05, 0.1) is 0 Å². The maximum Gasteiger partial charge on any atom is 0.157 e. The zero-order valence-electron chi connectivity index (χ0n) is 14.2. The van der Waals surface area contributed by atoms with Crippen molar-refractivity contribution in [1.29, 1.82) is 0 Å². The summed E-state index contributed by atoms with van der Waals surface area (Å²) in [6.45, 7) is 1.26. The summed E-state index contributed by atoms with van der Waals surface area (Å²) in [5.41, 5.74) is 0. The van der Waals surface area contributed by atoms with Crippen LogP contribution in [-0.4, -0.2) is 24.8 Å². The van der Waals surface area contributed by atoms with Gasteiger partial charge >= 0.3 is 0 Å². The molecule has 2 nitrogen and oxygen atoms in total. The van der Waals surface area contributed by atoms with E-state index in [4.69, 9.17) is 12.2 Å². The molecule has 1 saturated heterocycles. The molecule has 1 aliphatic rings. The fourth-order valence-corrected chi connectivity index (χ4v) is 2.68. The number of ether oxygens (including phenoxy) is 2. The first-order chi connectivity index (χ1) is 10.1. The number of rotatable bonds is 12. The largest absolute Gasteiger partial charge is 0.353 e. The second kappa shape index (κ2) is 13.4. The standard InChI is InChI=1S/C16H31BrO2/c17-13-9-6-4-2-1-3-5-7-10-14-18-16-12-8-11-15-19-16/h16H,1-15H2/i7D2. The third kappa shape index (κ3) is 10.8. The molecule has 1 atom stereocenters. The Balaban J connectivity index is 1.96. The van der Waals surface area contributed by atoms with Crippen molar-refractivity contribution in [2.75, 3.05) is 18.5 Å². The Kier molecular flexibility index (Phi) is 10.1. The SMILES string of the molecule is [2H]C([2H])(CCCCCCCCBr)CCOC1CCCCO1. The molecular weight excluding hydrogens is 304 g/mol. The molecule has 0 aromatic rings. The lowest BCUT2D eigenvalue weighted by molar-refractivity contribution is -0.162. The van der Waals surface area contributed by atoms with Crippen LogP contribution >= 0.6 is 15.9 Å². The van der Waals surface area contributed by atoms with Crippen LogP contribution in [0.25, 0.3) is 0 Å². The summed E-state index contributed by atoms with van der Waals surface area (Å²) in [6.07, 6.45) is 10.4. The fourth-order valence-electron chi connectivity index (χ4n) is 2.28. The quantitative estimate of drug-likeness (QED) is 0.349. The second-order valence-electron chi connectivity index (χ2n) is 5.23. The minimum Gasteiger partial charge on any atom is -0.353 e. The van der Waals surface area contributed by atoms with E-state index in [2.05, 4.69) is 15.9 Å². The molecule has 1 fully saturated rings. The highest BCUT2D eigenvalue weighted by molar-refractivity contribution is 9.09. The summed E-state index contributed by atoms with van der Waals surface area (Å²) in [4.78, 5) is 0. The maximum atomic E-state index is 8.03. The highest BCUT2D eigenvalue weighted by Crippen LogP contribution is 2.15. The van der Waals surface area contributed by atoms with Gasteiger partial charge in [0.25, 0.3) is 0 Å². The molecule has 1 heterocycles. The molecule has 0 amide bonds. The minimum absolute atomic E-state index is 0.0935. The van der Waals surface area contributed by atoms with Crippen LogP contribution < -0.4 is 0 Å². The molecule has 0 spiro atoms. The summed E-state index contributed by atoms with van der Waals surface area (Å²) in [7, 11) is 0. The molecule has 0 bridgehead atoms. The molecule has 3 heteroatoms. The number of hydrogen-bond acceptors (Lipinski definition) is 2. The van der Waals surface area contributed by atoms with Crippen molar-refractivity contribution in [2.45, 2.75) is 83.3 Å². The van der Waals surface area contributed by atoms with Gasteiger partial charge in [-0.25, -0.2) is 0 Å². The van der Waals surface area contributed by atoms with E-state index < -0.39 is 6.37 Å². The molecule has 0 aliphatic carbocycles. The Bertz CT molecular complexity index is 246. The first kappa shape index (κ1) is 14.3. The Hall–Kier alpha value is 0.400. The monoisotopic (exact) mass is 336 g/mol. The van der Waals surface area contributed by atoms with E-state index in [-0.39, 0.29) is 6.29 Å². The van der Waals surface area contributed by atoms with E-state index in [0.29, 0.717) is 19.4 Å². The van der Waals surface area contributed by atoms with Gasteiger partial charge in [-0.2, -0.15) is 0 Å². The average molecular weight is 337 g/mol. The topological polar surface area (TPSA) is 18.5 Å². The predicted octanol–water partition coefficient (Wildman–Crippen LogP) is 5.44. The highest BCUT2D eigenvalue weighted by Gasteiger charge is 2.13. The lowest BCUT2D eigenvalue weighted by Crippen LogP contribution is -2.22. The first-order valence-corrected chi connectivity index (χ1v) is 9.05. The molecule has 1 unspecified atom stereocenters. The van der Waals surface area contributed by atoms with Crippen LogP contribution in [0, 0.1) is 0 Å². The maximum absolute atomic E-state index is 8.03. The summed E-state index contributed by atoms with van der Waals surface area (Å²) in [5.74, 6) is 0. The van der Waals surface area contributed by atoms with Crippen molar-refractivity contribution in [3.8, 4) is 0 Å². The van der Waals surface area contributed by atoms with E-state index in [1.807, 2.05) is 0 Å². The van der Waals surface area contributed by atoms with E-state index in [1.165, 1.54) is 25.7 Å². The third-order valence-electron chi connectivity index (χ3n) is 3.46. The molecule has 19 heavy (non-hydrogen) atoms. The van der Waals surface area contributed by atoms with Gasteiger partial charge in [-0.15, -0.1) is 0 Å². The van der Waals surface area contributed by atoms with Gasteiger partial charge < -0.3 is 9.47 Å². The van der Waals surface area contributed by atoms with Crippen molar-refractivity contribution < 1.29 is 12.2 Å². The van der Waals surface area contributed by atoms with E-state index in [0.717, 1.165) is 44.0 Å². The summed E-state index contributed by atoms with van der Waals surface area (Å²) in [6, 6.07) is 0. The number of alkyl halides is 1. The zero-order chi connectivity index (χ0) is 15.4. The van der Waals surface area contributed by atoms with Crippen molar-refractivity contribution in [3.63, 3.8) is 0 Å². The van der Waals surface area contributed by atoms with Gasteiger partial charge in [0.2, 0.25) is 0 Å². The normalized spacial score (nSPS) is 22.1. The van der Waals surface area contributed by atoms with Crippen LogP contribution in [0.5, 0.6) is 0 Å². The Labute approximate surface area is 130 Å². The summed E-state index contributed by atoms with van der Waals surface area (Å²) in [5, 5.41) is 1.10. The molecule has 114 valence electrons. The fraction of sp³-hybridized carbons (Fsp3) is 1.00. The van der Waals surface area contributed by atoms with Crippen LogP contribution in [0.2, 0.25) is 0 Å². The lowest BCUT2D eigenvalue weighted by Gasteiger charge is -2.22. The molecule has 0 N–H and O–H groups in total. The Morgan fingerprint density at radius 1 is 1.00 bits per heavy atom. The first-order valence-electron chi connectivity index (χ1n) is 8.93. The van der Waals surface area contributed by atoms with Gasteiger partial charge in [-0.1, -0.05) is 60.8 Å². The highest BCUT2D eigenvalue weighted by atomic mass is 79.9. The average Bonchev–Trinajstić information content (AvgIpc) is 2.47. The van der Waals surface area contributed by atoms with Crippen LogP contribution in [0.15, 0.2) is 0 Å². The third-order valence-corrected chi connectivity index (χ3v) is 4.02. The van der Waals surface area contributed by atoms with Crippen molar-refractivity contribution in [3.05, 3.63) is 0 Å².